The number of aryl methyl sites for hydroxylation is 2. The third kappa shape index (κ3) is 2.64. The molecule has 4 nitrogen and oxygen atoms in total. The van der Waals surface area contributed by atoms with E-state index < -0.39 is 0 Å². The fourth-order valence-corrected chi connectivity index (χ4v) is 5.38. The van der Waals surface area contributed by atoms with Crippen LogP contribution < -0.4 is 10.2 Å². The SMILES string of the molecule is c1nc(N2CCC(NC3CC3)CC2)c2c3c(sc2n1)CCCC3. The fourth-order valence-electron chi connectivity index (χ4n) is 4.15. The van der Waals surface area contributed by atoms with Gasteiger partial charge in [0, 0.05) is 30.1 Å². The van der Waals surface area contributed by atoms with Gasteiger partial charge in [-0.25, -0.2) is 9.97 Å². The first kappa shape index (κ1) is 14.2. The molecule has 2 aromatic rings. The summed E-state index contributed by atoms with van der Waals surface area (Å²) in [5.74, 6) is 1.21. The number of anilines is 1. The van der Waals surface area contributed by atoms with Gasteiger partial charge >= 0.3 is 0 Å². The van der Waals surface area contributed by atoms with E-state index in [1.54, 1.807) is 16.8 Å². The number of nitrogens with zero attached hydrogens (tertiary/aromatic N) is 3. The first-order chi connectivity index (χ1) is 11.4. The molecule has 0 unspecified atom stereocenters. The first-order valence-corrected chi connectivity index (χ1v) is 9.96. The van der Waals surface area contributed by atoms with Crippen LogP contribution in [0.3, 0.4) is 0 Å². The van der Waals surface area contributed by atoms with E-state index in [2.05, 4.69) is 15.2 Å². The van der Waals surface area contributed by atoms with Crippen LogP contribution in [-0.4, -0.2) is 35.1 Å². The molecule has 5 rings (SSSR count). The zero-order valence-corrected chi connectivity index (χ0v) is 14.4. The predicted octanol–water partition coefficient (Wildman–Crippen LogP) is 3.29. The number of hydrogen-bond donors (Lipinski definition) is 1. The second-order valence-electron chi connectivity index (χ2n) is 7.29. The Morgan fingerprint density at radius 2 is 1.78 bits per heavy atom. The lowest BCUT2D eigenvalue weighted by Crippen LogP contribution is -2.43. The van der Waals surface area contributed by atoms with Crippen molar-refractivity contribution in [3.05, 3.63) is 16.8 Å². The van der Waals surface area contributed by atoms with Crippen LogP contribution in [0.5, 0.6) is 0 Å². The van der Waals surface area contributed by atoms with Crippen LogP contribution in [0, 0.1) is 0 Å². The summed E-state index contributed by atoms with van der Waals surface area (Å²) in [6.45, 7) is 2.25. The third-order valence-electron chi connectivity index (χ3n) is 5.57. The molecule has 2 fully saturated rings. The van der Waals surface area contributed by atoms with Crippen molar-refractivity contribution in [2.75, 3.05) is 18.0 Å². The molecular weight excluding hydrogens is 304 g/mol. The second-order valence-corrected chi connectivity index (χ2v) is 8.37. The number of hydrogen-bond acceptors (Lipinski definition) is 5. The molecule has 5 heteroatoms. The highest BCUT2D eigenvalue weighted by molar-refractivity contribution is 7.19. The minimum absolute atomic E-state index is 0.715. The molecule has 1 N–H and O–H groups in total. The van der Waals surface area contributed by atoms with Crippen LogP contribution in [0.25, 0.3) is 10.2 Å². The molecule has 0 radical (unpaired) electrons. The van der Waals surface area contributed by atoms with Crippen LogP contribution in [-0.2, 0) is 12.8 Å². The quantitative estimate of drug-likeness (QED) is 0.939. The van der Waals surface area contributed by atoms with E-state index in [-0.39, 0.29) is 0 Å². The molecule has 23 heavy (non-hydrogen) atoms. The van der Waals surface area contributed by atoms with Crippen molar-refractivity contribution in [3.8, 4) is 0 Å². The summed E-state index contributed by atoms with van der Waals surface area (Å²) in [5.41, 5.74) is 1.56. The van der Waals surface area contributed by atoms with Crippen LogP contribution >= 0.6 is 11.3 Å². The number of rotatable bonds is 3. The largest absolute Gasteiger partial charge is 0.356 e. The Morgan fingerprint density at radius 3 is 2.61 bits per heavy atom. The van der Waals surface area contributed by atoms with Gasteiger partial charge in [0.05, 0.1) is 5.39 Å². The monoisotopic (exact) mass is 328 g/mol. The summed E-state index contributed by atoms with van der Waals surface area (Å²) < 4.78 is 0. The highest BCUT2D eigenvalue weighted by atomic mass is 32.1. The van der Waals surface area contributed by atoms with Gasteiger partial charge in [-0.05, 0) is 56.9 Å². The topological polar surface area (TPSA) is 41.1 Å². The summed E-state index contributed by atoms with van der Waals surface area (Å²) in [7, 11) is 0. The van der Waals surface area contributed by atoms with Crippen molar-refractivity contribution >= 4 is 27.4 Å². The van der Waals surface area contributed by atoms with Crippen molar-refractivity contribution in [3.63, 3.8) is 0 Å². The molecule has 0 bridgehead atoms. The number of fused-ring (bicyclic) bond motifs is 3. The van der Waals surface area contributed by atoms with Crippen LogP contribution in [0.4, 0.5) is 5.82 Å². The van der Waals surface area contributed by atoms with Gasteiger partial charge in [-0.2, -0.15) is 0 Å². The maximum atomic E-state index is 4.71. The Kier molecular flexibility index (Phi) is 3.52. The highest BCUT2D eigenvalue weighted by Crippen LogP contribution is 2.39. The van der Waals surface area contributed by atoms with E-state index in [0.717, 1.165) is 19.1 Å². The second kappa shape index (κ2) is 5.71. The van der Waals surface area contributed by atoms with Crippen molar-refractivity contribution < 1.29 is 0 Å². The minimum Gasteiger partial charge on any atom is -0.356 e. The molecule has 0 aromatic carbocycles. The smallest absolute Gasteiger partial charge is 0.141 e. The maximum absolute atomic E-state index is 4.71. The van der Waals surface area contributed by atoms with Gasteiger partial charge in [-0.15, -0.1) is 11.3 Å². The van der Waals surface area contributed by atoms with E-state index in [9.17, 15) is 0 Å². The third-order valence-corrected chi connectivity index (χ3v) is 6.77. The van der Waals surface area contributed by atoms with Crippen molar-refractivity contribution in [1.82, 2.24) is 15.3 Å². The molecule has 2 aliphatic carbocycles. The zero-order chi connectivity index (χ0) is 15.2. The lowest BCUT2D eigenvalue weighted by molar-refractivity contribution is 0.412. The number of piperidine rings is 1. The van der Waals surface area contributed by atoms with Crippen molar-refractivity contribution in [1.29, 1.82) is 0 Å². The summed E-state index contributed by atoms with van der Waals surface area (Å²) in [4.78, 5) is 14.6. The highest BCUT2D eigenvalue weighted by Gasteiger charge is 2.29. The molecule has 2 aromatic heterocycles. The summed E-state index contributed by atoms with van der Waals surface area (Å²) in [6, 6.07) is 1.54. The van der Waals surface area contributed by atoms with Gasteiger partial charge < -0.3 is 10.2 Å². The lowest BCUT2D eigenvalue weighted by Gasteiger charge is -2.33. The van der Waals surface area contributed by atoms with E-state index in [1.807, 2.05) is 11.3 Å². The number of aromatic nitrogens is 2. The molecule has 1 saturated carbocycles. The van der Waals surface area contributed by atoms with E-state index >= 15 is 0 Å². The maximum Gasteiger partial charge on any atom is 0.141 e. The first-order valence-electron chi connectivity index (χ1n) is 9.15. The molecule has 0 atom stereocenters. The Morgan fingerprint density at radius 1 is 1.00 bits per heavy atom. The summed E-state index contributed by atoms with van der Waals surface area (Å²) >= 11 is 1.90. The van der Waals surface area contributed by atoms with Crippen molar-refractivity contribution in [2.45, 2.75) is 63.5 Å². The molecule has 122 valence electrons. The number of nitrogens with one attached hydrogen (secondary N) is 1. The van der Waals surface area contributed by atoms with Gasteiger partial charge in [-0.3, -0.25) is 0 Å². The molecule has 0 amide bonds. The zero-order valence-electron chi connectivity index (χ0n) is 13.6. The molecular formula is C18H24N4S. The summed E-state index contributed by atoms with van der Waals surface area (Å²) in [5, 5.41) is 5.17. The number of thiophene rings is 1. The van der Waals surface area contributed by atoms with Gasteiger partial charge in [-0.1, -0.05) is 0 Å². The Balaban J connectivity index is 1.42. The molecule has 0 spiro atoms. The molecule has 3 aliphatic rings. The standard InChI is InChI=1S/C18H24N4S/c1-2-4-15-14(3-1)16-17(19-11-20-18(16)23-15)22-9-7-13(8-10-22)21-12-5-6-12/h11-13,21H,1-10H2. The normalized spacial score (nSPS) is 22.5. The fraction of sp³-hybridized carbons (Fsp3) is 0.667. The minimum atomic E-state index is 0.715. The average molecular weight is 328 g/mol. The van der Waals surface area contributed by atoms with Crippen LogP contribution in [0.2, 0.25) is 0 Å². The summed E-state index contributed by atoms with van der Waals surface area (Å²) in [6.07, 6.45) is 12.1. The van der Waals surface area contributed by atoms with Gasteiger partial charge in [0.2, 0.25) is 0 Å². The molecule has 3 heterocycles. The van der Waals surface area contributed by atoms with Gasteiger partial charge in [0.1, 0.15) is 17.0 Å². The van der Waals surface area contributed by atoms with Crippen molar-refractivity contribution in [2.24, 2.45) is 0 Å². The molecule has 1 saturated heterocycles. The Hall–Kier alpha value is -1.20. The van der Waals surface area contributed by atoms with E-state index in [1.165, 1.54) is 67.4 Å². The lowest BCUT2D eigenvalue weighted by atomic mass is 9.96. The van der Waals surface area contributed by atoms with E-state index in [4.69, 9.17) is 4.98 Å². The average Bonchev–Trinajstić information content (AvgIpc) is 3.32. The van der Waals surface area contributed by atoms with Gasteiger partial charge in [0.15, 0.2) is 0 Å². The van der Waals surface area contributed by atoms with Crippen LogP contribution in [0.1, 0.15) is 49.0 Å². The molecule has 1 aliphatic heterocycles. The van der Waals surface area contributed by atoms with E-state index in [0.29, 0.717) is 6.04 Å². The van der Waals surface area contributed by atoms with Crippen LogP contribution in [0.15, 0.2) is 6.33 Å². The Labute approximate surface area is 141 Å². The predicted molar refractivity (Wildman–Crippen MR) is 95.4 cm³/mol. The van der Waals surface area contributed by atoms with Gasteiger partial charge in [0.25, 0.3) is 0 Å². The Bertz CT molecular complexity index is 713.